The standard InChI is InChI=1S/C17H25NO2/c1-12(2)15(11-18-13(3)4)9-14-5-6-16-17(10-14)20-8-7-19-16/h5-6,9-10,12-13,18H,7-8,11H2,1-4H3. The second kappa shape index (κ2) is 6.80. The van der Waals surface area contributed by atoms with Crippen LogP contribution in [-0.4, -0.2) is 25.8 Å². The molecule has 1 N–H and O–H groups in total. The molecular formula is C17H25NO2. The maximum Gasteiger partial charge on any atom is 0.161 e. The predicted molar refractivity (Wildman–Crippen MR) is 83.4 cm³/mol. The maximum absolute atomic E-state index is 5.63. The van der Waals surface area contributed by atoms with Crippen molar-refractivity contribution in [3.8, 4) is 11.5 Å². The molecule has 3 heteroatoms. The van der Waals surface area contributed by atoms with Gasteiger partial charge in [-0.05, 0) is 23.6 Å². The normalized spacial score (nSPS) is 15.0. The quantitative estimate of drug-likeness (QED) is 0.892. The minimum Gasteiger partial charge on any atom is -0.486 e. The first-order valence-electron chi connectivity index (χ1n) is 7.39. The lowest BCUT2D eigenvalue weighted by atomic mass is 9.99. The van der Waals surface area contributed by atoms with Crippen molar-refractivity contribution in [1.29, 1.82) is 0 Å². The van der Waals surface area contributed by atoms with Crippen molar-refractivity contribution in [2.75, 3.05) is 19.8 Å². The SMILES string of the molecule is CC(C)NCC(=Cc1ccc2c(c1)OCCO2)C(C)C. The number of nitrogens with one attached hydrogen (secondary N) is 1. The van der Waals surface area contributed by atoms with Crippen molar-refractivity contribution in [3.63, 3.8) is 0 Å². The van der Waals surface area contributed by atoms with E-state index >= 15 is 0 Å². The van der Waals surface area contributed by atoms with Crippen LogP contribution in [0.2, 0.25) is 0 Å². The van der Waals surface area contributed by atoms with Crippen molar-refractivity contribution in [2.45, 2.75) is 33.7 Å². The van der Waals surface area contributed by atoms with Crippen LogP contribution in [0.4, 0.5) is 0 Å². The summed E-state index contributed by atoms with van der Waals surface area (Å²) in [6.07, 6.45) is 2.25. The average Bonchev–Trinajstić information content (AvgIpc) is 2.42. The topological polar surface area (TPSA) is 30.5 Å². The van der Waals surface area contributed by atoms with Gasteiger partial charge < -0.3 is 14.8 Å². The van der Waals surface area contributed by atoms with Gasteiger partial charge in [0.15, 0.2) is 11.5 Å². The summed E-state index contributed by atoms with van der Waals surface area (Å²) < 4.78 is 11.2. The van der Waals surface area contributed by atoms with E-state index in [-0.39, 0.29) is 0 Å². The zero-order valence-electron chi connectivity index (χ0n) is 12.9. The van der Waals surface area contributed by atoms with E-state index in [1.54, 1.807) is 0 Å². The Kier molecular flexibility index (Phi) is 5.07. The third kappa shape index (κ3) is 4.01. The molecule has 0 atom stereocenters. The fraction of sp³-hybridized carbons (Fsp3) is 0.529. The molecule has 2 rings (SSSR count). The van der Waals surface area contributed by atoms with Crippen LogP contribution in [0, 0.1) is 5.92 Å². The minimum absolute atomic E-state index is 0.498. The van der Waals surface area contributed by atoms with E-state index in [1.807, 2.05) is 6.07 Å². The second-order valence-electron chi connectivity index (χ2n) is 5.81. The van der Waals surface area contributed by atoms with Gasteiger partial charge in [-0.3, -0.25) is 0 Å². The number of rotatable bonds is 5. The summed E-state index contributed by atoms with van der Waals surface area (Å²) in [5.41, 5.74) is 2.57. The third-order valence-electron chi connectivity index (χ3n) is 3.37. The summed E-state index contributed by atoms with van der Waals surface area (Å²) in [6, 6.07) is 6.64. The molecule has 3 nitrogen and oxygen atoms in total. The van der Waals surface area contributed by atoms with Crippen LogP contribution in [0.15, 0.2) is 23.8 Å². The molecule has 1 aromatic rings. The van der Waals surface area contributed by atoms with Gasteiger partial charge >= 0.3 is 0 Å². The summed E-state index contributed by atoms with van der Waals surface area (Å²) in [7, 11) is 0. The van der Waals surface area contributed by atoms with Gasteiger partial charge in [-0.2, -0.15) is 0 Å². The number of hydrogen-bond acceptors (Lipinski definition) is 3. The monoisotopic (exact) mass is 275 g/mol. The van der Waals surface area contributed by atoms with Gasteiger partial charge in [-0.15, -0.1) is 0 Å². The molecule has 0 aromatic heterocycles. The Hall–Kier alpha value is -1.48. The van der Waals surface area contributed by atoms with Crippen molar-refractivity contribution in [1.82, 2.24) is 5.32 Å². The van der Waals surface area contributed by atoms with E-state index in [0.717, 1.165) is 18.0 Å². The minimum atomic E-state index is 0.498. The zero-order chi connectivity index (χ0) is 14.5. The van der Waals surface area contributed by atoms with E-state index in [4.69, 9.17) is 9.47 Å². The van der Waals surface area contributed by atoms with Gasteiger partial charge in [0, 0.05) is 12.6 Å². The molecule has 1 aromatic carbocycles. The van der Waals surface area contributed by atoms with Crippen molar-refractivity contribution >= 4 is 6.08 Å². The molecule has 0 saturated carbocycles. The fourth-order valence-corrected chi connectivity index (χ4v) is 2.11. The molecule has 1 heterocycles. The molecular weight excluding hydrogens is 250 g/mol. The highest BCUT2D eigenvalue weighted by atomic mass is 16.6. The predicted octanol–water partition coefficient (Wildman–Crippen LogP) is 3.50. The summed E-state index contributed by atoms with van der Waals surface area (Å²) >= 11 is 0. The molecule has 110 valence electrons. The maximum atomic E-state index is 5.63. The molecule has 0 aliphatic carbocycles. The summed E-state index contributed by atoms with van der Waals surface area (Å²) in [6.45, 7) is 11.0. The van der Waals surface area contributed by atoms with Gasteiger partial charge in [0.25, 0.3) is 0 Å². The second-order valence-corrected chi connectivity index (χ2v) is 5.81. The Balaban J connectivity index is 2.17. The molecule has 0 radical (unpaired) electrons. The number of hydrogen-bond donors (Lipinski definition) is 1. The lowest BCUT2D eigenvalue weighted by molar-refractivity contribution is 0.171. The van der Waals surface area contributed by atoms with Gasteiger partial charge in [0.1, 0.15) is 13.2 Å². The molecule has 0 bridgehead atoms. The zero-order valence-corrected chi connectivity index (χ0v) is 12.9. The average molecular weight is 275 g/mol. The van der Waals surface area contributed by atoms with E-state index in [2.05, 4.69) is 51.2 Å². The highest BCUT2D eigenvalue weighted by Gasteiger charge is 2.12. The number of fused-ring (bicyclic) bond motifs is 1. The molecule has 0 amide bonds. The molecule has 1 aliphatic rings. The Morgan fingerprint density at radius 3 is 2.50 bits per heavy atom. The lowest BCUT2D eigenvalue weighted by Gasteiger charge is -2.19. The summed E-state index contributed by atoms with van der Waals surface area (Å²) in [4.78, 5) is 0. The van der Waals surface area contributed by atoms with Crippen LogP contribution >= 0.6 is 0 Å². The van der Waals surface area contributed by atoms with Gasteiger partial charge in [-0.1, -0.05) is 45.4 Å². The van der Waals surface area contributed by atoms with Crippen LogP contribution in [0.3, 0.4) is 0 Å². The van der Waals surface area contributed by atoms with E-state index in [0.29, 0.717) is 25.2 Å². The Bertz CT molecular complexity index is 478. The molecule has 0 fully saturated rings. The Labute approximate surface area is 122 Å². The van der Waals surface area contributed by atoms with Crippen molar-refractivity contribution in [2.24, 2.45) is 5.92 Å². The Morgan fingerprint density at radius 1 is 1.15 bits per heavy atom. The van der Waals surface area contributed by atoms with E-state index in [1.165, 1.54) is 11.1 Å². The van der Waals surface area contributed by atoms with Crippen LogP contribution < -0.4 is 14.8 Å². The lowest BCUT2D eigenvalue weighted by Crippen LogP contribution is -2.26. The number of ether oxygens (including phenoxy) is 2. The van der Waals surface area contributed by atoms with Gasteiger partial charge in [0.05, 0.1) is 0 Å². The largest absolute Gasteiger partial charge is 0.486 e. The fourth-order valence-electron chi connectivity index (χ4n) is 2.11. The van der Waals surface area contributed by atoms with Gasteiger partial charge in [0.2, 0.25) is 0 Å². The molecule has 0 saturated heterocycles. The first-order valence-corrected chi connectivity index (χ1v) is 7.39. The van der Waals surface area contributed by atoms with Crippen LogP contribution in [0.25, 0.3) is 6.08 Å². The van der Waals surface area contributed by atoms with Crippen molar-refractivity contribution in [3.05, 3.63) is 29.3 Å². The smallest absolute Gasteiger partial charge is 0.161 e. The van der Waals surface area contributed by atoms with Crippen molar-refractivity contribution < 1.29 is 9.47 Å². The highest BCUT2D eigenvalue weighted by molar-refractivity contribution is 5.59. The van der Waals surface area contributed by atoms with Crippen LogP contribution in [0.1, 0.15) is 33.3 Å². The van der Waals surface area contributed by atoms with E-state index < -0.39 is 0 Å². The first kappa shape index (κ1) is 14.9. The van der Waals surface area contributed by atoms with Gasteiger partial charge in [-0.25, -0.2) is 0 Å². The molecule has 0 unspecified atom stereocenters. The van der Waals surface area contributed by atoms with Crippen LogP contribution in [0.5, 0.6) is 11.5 Å². The summed E-state index contributed by atoms with van der Waals surface area (Å²) in [5, 5.41) is 3.49. The first-order chi connectivity index (χ1) is 9.56. The highest BCUT2D eigenvalue weighted by Crippen LogP contribution is 2.31. The Morgan fingerprint density at radius 2 is 1.85 bits per heavy atom. The molecule has 20 heavy (non-hydrogen) atoms. The van der Waals surface area contributed by atoms with Crippen LogP contribution in [-0.2, 0) is 0 Å². The molecule has 0 spiro atoms. The molecule has 1 aliphatic heterocycles. The third-order valence-corrected chi connectivity index (χ3v) is 3.37. The van der Waals surface area contributed by atoms with E-state index in [9.17, 15) is 0 Å². The summed E-state index contributed by atoms with van der Waals surface area (Å²) in [5.74, 6) is 2.22. The number of benzene rings is 1.